The van der Waals surface area contributed by atoms with Gasteiger partial charge in [-0.15, -0.1) is 0 Å². The highest BCUT2D eigenvalue weighted by Crippen LogP contribution is 2.37. The van der Waals surface area contributed by atoms with Crippen molar-refractivity contribution in [3.63, 3.8) is 0 Å². The van der Waals surface area contributed by atoms with Gasteiger partial charge in [0.1, 0.15) is 0 Å². The Bertz CT molecular complexity index is 1080. The van der Waals surface area contributed by atoms with Gasteiger partial charge in [-0.25, -0.2) is 9.59 Å². The molecule has 1 heterocycles. The second kappa shape index (κ2) is 10.1. The number of hydrogen-bond donors (Lipinski definition) is 5. The Morgan fingerprint density at radius 1 is 0.889 bits per heavy atom. The van der Waals surface area contributed by atoms with E-state index in [1.54, 1.807) is 0 Å². The summed E-state index contributed by atoms with van der Waals surface area (Å²) in [6.07, 6.45) is -3.89. The van der Waals surface area contributed by atoms with Gasteiger partial charge in [0.25, 0.3) is 0 Å². The minimum atomic E-state index is -1.35. The molecule has 0 unspecified atom stereocenters. The SMILES string of the molecule is CC(C)(C)c1ccc(-c2cc(CNC(NC(=O)O)NC(=O)O)cc(B3OC(C)(C)C(C)(C)O3)c2)cc1. The van der Waals surface area contributed by atoms with Crippen LogP contribution in [-0.2, 0) is 21.3 Å². The lowest BCUT2D eigenvalue weighted by Gasteiger charge is -2.32. The van der Waals surface area contributed by atoms with Crippen molar-refractivity contribution < 1.29 is 29.1 Å². The lowest BCUT2D eigenvalue weighted by Crippen LogP contribution is -2.55. The normalized spacial score (nSPS) is 16.7. The van der Waals surface area contributed by atoms with E-state index in [9.17, 15) is 9.59 Å². The molecule has 5 N–H and O–H groups in total. The van der Waals surface area contributed by atoms with Crippen molar-refractivity contribution >= 4 is 24.8 Å². The molecule has 9 nitrogen and oxygen atoms in total. The standard InChI is InChI=1S/C26H36BN3O6/c1-24(2,3)19-10-8-17(9-11-19)18-12-16(15-28-21(29-22(31)32)30-23(33)34)13-20(14-18)27-35-25(4,5)26(6,7)36-27/h8-14,21,28-30H,15H2,1-7H3,(H,31,32)(H,33,34). The van der Waals surface area contributed by atoms with Crippen molar-refractivity contribution in [2.75, 3.05) is 0 Å². The maximum absolute atomic E-state index is 11.1. The summed E-state index contributed by atoms with van der Waals surface area (Å²) in [6, 6.07) is 14.3. The van der Waals surface area contributed by atoms with Crippen molar-refractivity contribution in [3.05, 3.63) is 53.6 Å². The van der Waals surface area contributed by atoms with Crippen LogP contribution in [-0.4, -0.2) is 47.0 Å². The number of benzene rings is 2. The molecule has 0 saturated carbocycles. The molecule has 2 aromatic rings. The van der Waals surface area contributed by atoms with Gasteiger partial charge in [0.2, 0.25) is 0 Å². The highest BCUT2D eigenvalue weighted by molar-refractivity contribution is 6.62. The van der Waals surface area contributed by atoms with E-state index in [-0.39, 0.29) is 12.0 Å². The van der Waals surface area contributed by atoms with E-state index >= 15 is 0 Å². The van der Waals surface area contributed by atoms with Gasteiger partial charge in [-0.2, -0.15) is 0 Å². The van der Waals surface area contributed by atoms with Crippen LogP contribution in [0.4, 0.5) is 9.59 Å². The molecule has 0 spiro atoms. The molecule has 0 radical (unpaired) electrons. The second-order valence-corrected chi connectivity index (χ2v) is 11.1. The molecule has 1 aliphatic heterocycles. The van der Waals surface area contributed by atoms with E-state index in [1.807, 2.05) is 45.9 Å². The fourth-order valence-corrected chi connectivity index (χ4v) is 3.87. The first kappa shape index (κ1) is 27.5. The monoisotopic (exact) mass is 497 g/mol. The molecule has 0 aliphatic carbocycles. The molecule has 2 amide bonds. The van der Waals surface area contributed by atoms with E-state index < -0.39 is 36.8 Å². The number of carbonyl (C=O) groups is 2. The van der Waals surface area contributed by atoms with Gasteiger partial charge in [-0.05, 0) is 66.9 Å². The highest BCUT2D eigenvalue weighted by atomic mass is 16.7. The Morgan fingerprint density at radius 3 is 1.89 bits per heavy atom. The minimum absolute atomic E-state index is 0.0292. The van der Waals surface area contributed by atoms with Gasteiger partial charge in [0.15, 0.2) is 6.29 Å². The zero-order valence-corrected chi connectivity index (χ0v) is 21.9. The summed E-state index contributed by atoms with van der Waals surface area (Å²) in [4.78, 5) is 22.1. The lowest BCUT2D eigenvalue weighted by molar-refractivity contribution is 0.00578. The van der Waals surface area contributed by atoms with Crippen LogP contribution in [0.25, 0.3) is 11.1 Å². The molecule has 0 aromatic heterocycles. The largest absolute Gasteiger partial charge is 0.494 e. The quantitative estimate of drug-likeness (QED) is 0.290. The molecule has 194 valence electrons. The maximum Gasteiger partial charge on any atom is 0.494 e. The summed E-state index contributed by atoms with van der Waals surface area (Å²) in [5.41, 5.74) is 3.79. The zero-order chi connectivity index (χ0) is 26.9. The summed E-state index contributed by atoms with van der Waals surface area (Å²) in [6.45, 7) is 14.6. The van der Waals surface area contributed by atoms with E-state index in [0.717, 1.165) is 22.2 Å². The average molecular weight is 497 g/mol. The molecular formula is C26H36BN3O6. The molecule has 1 saturated heterocycles. The van der Waals surface area contributed by atoms with Crippen LogP contribution < -0.4 is 21.4 Å². The first-order valence-electron chi connectivity index (χ1n) is 11.9. The van der Waals surface area contributed by atoms with E-state index in [0.29, 0.717) is 0 Å². The maximum atomic E-state index is 11.1. The molecule has 10 heteroatoms. The first-order chi connectivity index (χ1) is 16.6. The molecular weight excluding hydrogens is 461 g/mol. The third kappa shape index (κ3) is 6.57. The van der Waals surface area contributed by atoms with Crippen LogP contribution in [0.2, 0.25) is 0 Å². The van der Waals surface area contributed by atoms with E-state index in [2.05, 4.69) is 61.0 Å². The number of hydrogen-bond acceptors (Lipinski definition) is 5. The van der Waals surface area contributed by atoms with Gasteiger partial charge in [0, 0.05) is 6.54 Å². The number of carboxylic acid groups (broad SMARTS) is 2. The topological polar surface area (TPSA) is 129 Å². The van der Waals surface area contributed by atoms with E-state index in [1.165, 1.54) is 5.56 Å². The minimum Gasteiger partial charge on any atom is -0.465 e. The van der Waals surface area contributed by atoms with Gasteiger partial charge in [-0.3, -0.25) is 16.0 Å². The third-order valence-corrected chi connectivity index (χ3v) is 6.67. The van der Waals surface area contributed by atoms with Crippen molar-refractivity contribution in [2.24, 2.45) is 0 Å². The van der Waals surface area contributed by atoms with Crippen molar-refractivity contribution in [2.45, 2.75) is 77.9 Å². The van der Waals surface area contributed by atoms with Gasteiger partial charge in [0.05, 0.1) is 11.2 Å². The Kier molecular flexibility index (Phi) is 7.73. The van der Waals surface area contributed by atoms with Crippen LogP contribution in [0.5, 0.6) is 0 Å². The fraction of sp³-hybridized carbons (Fsp3) is 0.462. The van der Waals surface area contributed by atoms with Gasteiger partial charge in [-0.1, -0.05) is 57.2 Å². The van der Waals surface area contributed by atoms with Gasteiger partial charge >= 0.3 is 19.3 Å². The van der Waals surface area contributed by atoms with Crippen molar-refractivity contribution in [1.82, 2.24) is 16.0 Å². The summed E-state index contributed by atoms with van der Waals surface area (Å²) >= 11 is 0. The number of nitrogens with one attached hydrogen (secondary N) is 3. The Hall–Kier alpha value is -3.08. The second-order valence-electron chi connectivity index (χ2n) is 11.1. The molecule has 1 fully saturated rings. The molecule has 36 heavy (non-hydrogen) atoms. The summed E-state index contributed by atoms with van der Waals surface area (Å²) in [7, 11) is -0.590. The Labute approximate surface area is 212 Å². The third-order valence-electron chi connectivity index (χ3n) is 6.67. The zero-order valence-electron chi connectivity index (χ0n) is 21.9. The molecule has 2 aromatic carbocycles. The summed E-state index contributed by atoms with van der Waals surface area (Å²) in [5, 5.41) is 25.2. The molecule has 3 rings (SSSR count). The predicted octanol–water partition coefficient (Wildman–Crippen LogP) is 3.86. The van der Waals surface area contributed by atoms with Crippen LogP contribution in [0.3, 0.4) is 0 Å². The fourth-order valence-electron chi connectivity index (χ4n) is 3.87. The van der Waals surface area contributed by atoms with Crippen LogP contribution in [0.15, 0.2) is 42.5 Å². The molecule has 0 atom stereocenters. The number of rotatable bonds is 7. The lowest BCUT2D eigenvalue weighted by atomic mass is 9.76. The number of amides is 2. The van der Waals surface area contributed by atoms with Crippen molar-refractivity contribution in [3.8, 4) is 11.1 Å². The van der Waals surface area contributed by atoms with Gasteiger partial charge < -0.3 is 19.5 Å². The van der Waals surface area contributed by atoms with Crippen LogP contribution in [0.1, 0.15) is 59.6 Å². The van der Waals surface area contributed by atoms with E-state index in [4.69, 9.17) is 19.5 Å². The molecule has 0 bridgehead atoms. The Balaban J connectivity index is 1.96. The summed E-state index contributed by atoms with van der Waals surface area (Å²) in [5.74, 6) is 0. The average Bonchev–Trinajstić information content (AvgIpc) is 2.97. The smallest absolute Gasteiger partial charge is 0.465 e. The summed E-state index contributed by atoms with van der Waals surface area (Å²) < 4.78 is 12.5. The first-order valence-corrected chi connectivity index (χ1v) is 11.9. The van der Waals surface area contributed by atoms with Crippen molar-refractivity contribution in [1.29, 1.82) is 0 Å². The predicted molar refractivity (Wildman–Crippen MR) is 139 cm³/mol. The Morgan fingerprint density at radius 2 is 1.42 bits per heavy atom. The van der Waals surface area contributed by atoms with Crippen LogP contribution in [0, 0.1) is 0 Å². The molecule has 1 aliphatic rings. The highest BCUT2D eigenvalue weighted by Gasteiger charge is 2.51. The van der Waals surface area contributed by atoms with Crippen LogP contribution >= 0.6 is 0 Å².